The molecule has 2 N–H and O–H groups in total. The van der Waals surface area contributed by atoms with E-state index in [0.29, 0.717) is 34.3 Å². The van der Waals surface area contributed by atoms with Crippen LogP contribution in [0.5, 0.6) is 0 Å². The van der Waals surface area contributed by atoms with Crippen molar-refractivity contribution in [2.45, 2.75) is 13.1 Å². The predicted molar refractivity (Wildman–Crippen MR) is 148 cm³/mol. The van der Waals surface area contributed by atoms with Crippen molar-refractivity contribution >= 4 is 56.5 Å². The Labute approximate surface area is 226 Å². The van der Waals surface area contributed by atoms with Crippen molar-refractivity contribution in [1.82, 2.24) is 19.9 Å². The van der Waals surface area contributed by atoms with Crippen LogP contribution in [0, 0.1) is 0 Å². The number of hydrogen-bond acceptors (Lipinski definition) is 4. The molecule has 2 aromatic heterocycles. The molecule has 36 heavy (non-hydrogen) atoms. The normalized spacial score (nSPS) is 11.0. The van der Waals surface area contributed by atoms with Gasteiger partial charge in [-0.1, -0.05) is 65.7 Å². The fraction of sp³-hybridized carbons (Fsp3) is 0.0741. The topological polar surface area (TPSA) is 71.3 Å². The smallest absolute Gasteiger partial charge is 0.251 e. The molecule has 5 aromatic rings. The van der Waals surface area contributed by atoms with Crippen molar-refractivity contribution in [3.63, 3.8) is 0 Å². The minimum Gasteiger partial charge on any atom is -0.366 e. The maximum atomic E-state index is 12.3. The van der Waals surface area contributed by atoms with E-state index in [2.05, 4.69) is 31.7 Å². The zero-order valence-corrected chi connectivity index (χ0v) is 22.0. The van der Waals surface area contributed by atoms with Crippen molar-refractivity contribution in [3.05, 3.63) is 116 Å². The molecule has 0 fully saturated rings. The van der Waals surface area contributed by atoms with E-state index in [-0.39, 0.29) is 5.91 Å². The monoisotopic (exact) mass is 579 g/mol. The average Bonchev–Trinajstić information content (AvgIpc) is 3.27. The van der Waals surface area contributed by atoms with E-state index >= 15 is 0 Å². The van der Waals surface area contributed by atoms with Crippen LogP contribution in [-0.4, -0.2) is 20.5 Å². The predicted octanol–water partition coefficient (Wildman–Crippen LogP) is 7.01. The molecule has 180 valence electrons. The summed E-state index contributed by atoms with van der Waals surface area (Å²) < 4.78 is 2.55. The van der Waals surface area contributed by atoms with Crippen LogP contribution < -0.4 is 10.6 Å². The molecule has 0 aliphatic rings. The zero-order chi connectivity index (χ0) is 25.1. The molecule has 0 bridgehead atoms. The summed E-state index contributed by atoms with van der Waals surface area (Å²) >= 11 is 15.8. The highest BCUT2D eigenvalue weighted by Crippen LogP contribution is 2.30. The molecular formula is C27H20BrCl2N5O. The van der Waals surface area contributed by atoms with Gasteiger partial charge in [-0.25, -0.2) is 4.98 Å². The van der Waals surface area contributed by atoms with Gasteiger partial charge in [0.1, 0.15) is 5.82 Å². The number of rotatable bonds is 7. The van der Waals surface area contributed by atoms with E-state index < -0.39 is 0 Å². The molecule has 3 aromatic carbocycles. The van der Waals surface area contributed by atoms with E-state index in [0.717, 1.165) is 32.7 Å². The summed E-state index contributed by atoms with van der Waals surface area (Å²) in [6.45, 7) is 1.01. The van der Waals surface area contributed by atoms with Gasteiger partial charge >= 0.3 is 0 Å². The third kappa shape index (κ3) is 5.38. The number of nitrogens with zero attached hydrogens (tertiary/aromatic N) is 3. The second-order valence-electron chi connectivity index (χ2n) is 8.09. The number of carbonyl (C=O) groups is 1. The average molecular weight is 581 g/mol. The molecule has 5 rings (SSSR count). The third-order valence-electron chi connectivity index (χ3n) is 5.63. The highest BCUT2D eigenvalue weighted by atomic mass is 79.9. The number of aromatic nitrogens is 3. The lowest BCUT2D eigenvalue weighted by atomic mass is 10.1. The van der Waals surface area contributed by atoms with Gasteiger partial charge < -0.3 is 10.6 Å². The van der Waals surface area contributed by atoms with E-state index in [4.69, 9.17) is 28.2 Å². The molecule has 1 amide bonds. The Morgan fingerprint density at radius 2 is 1.61 bits per heavy atom. The van der Waals surface area contributed by atoms with Gasteiger partial charge in [0.25, 0.3) is 5.91 Å². The van der Waals surface area contributed by atoms with Crippen molar-refractivity contribution in [2.75, 3.05) is 5.32 Å². The summed E-state index contributed by atoms with van der Waals surface area (Å²) in [4.78, 5) is 17.1. The zero-order valence-electron chi connectivity index (χ0n) is 18.9. The molecule has 0 aliphatic carbocycles. The first kappa shape index (κ1) is 24.3. The van der Waals surface area contributed by atoms with Crippen LogP contribution in [0.3, 0.4) is 0 Å². The van der Waals surface area contributed by atoms with Crippen LogP contribution in [-0.2, 0) is 13.1 Å². The summed E-state index contributed by atoms with van der Waals surface area (Å²) in [5.74, 6) is 0.652. The molecule has 0 saturated carbocycles. The van der Waals surface area contributed by atoms with Gasteiger partial charge in [0.05, 0.1) is 16.4 Å². The third-order valence-corrected chi connectivity index (χ3v) is 6.78. The Bertz CT molecular complexity index is 1530. The quantitative estimate of drug-likeness (QED) is 0.217. The lowest BCUT2D eigenvalue weighted by Gasteiger charge is -2.12. The van der Waals surface area contributed by atoms with E-state index in [1.54, 1.807) is 35.0 Å². The number of benzene rings is 3. The summed E-state index contributed by atoms with van der Waals surface area (Å²) in [5, 5.41) is 12.1. The standard InChI is InChI=1S/C27H20BrCl2N5O/c28-22-16-33-35-25(13-24(34-26(22)35)21-3-1-2-4-23(21)30)31-14-17-5-7-18(8-6-17)15-32-27(36)19-9-11-20(29)12-10-19/h1-13,16,31H,14-15H2,(H,32,36). The minimum atomic E-state index is -0.140. The van der Waals surface area contributed by atoms with Crippen molar-refractivity contribution in [2.24, 2.45) is 0 Å². The molecule has 0 atom stereocenters. The number of amides is 1. The van der Waals surface area contributed by atoms with E-state index in [1.165, 1.54) is 0 Å². The van der Waals surface area contributed by atoms with Gasteiger partial charge in [0.15, 0.2) is 5.65 Å². The van der Waals surface area contributed by atoms with Crippen LogP contribution in [0.1, 0.15) is 21.5 Å². The number of nitrogens with one attached hydrogen (secondary N) is 2. The molecule has 2 heterocycles. The Morgan fingerprint density at radius 1 is 0.917 bits per heavy atom. The molecule has 0 unspecified atom stereocenters. The summed E-state index contributed by atoms with van der Waals surface area (Å²) in [6, 6.07) is 24.4. The molecule has 0 spiro atoms. The highest BCUT2D eigenvalue weighted by Gasteiger charge is 2.13. The van der Waals surface area contributed by atoms with Gasteiger partial charge in [-0.2, -0.15) is 9.61 Å². The van der Waals surface area contributed by atoms with Crippen molar-refractivity contribution in [3.8, 4) is 11.3 Å². The second kappa shape index (κ2) is 10.7. The Hall–Kier alpha value is -3.39. The highest BCUT2D eigenvalue weighted by molar-refractivity contribution is 9.10. The van der Waals surface area contributed by atoms with Gasteiger partial charge in [0.2, 0.25) is 0 Å². The van der Waals surface area contributed by atoms with Gasteiger partial charge in [-0.15, -0.1) is 0 Å². The van der Waals surface area contributed by atoms with Crippen LogP contribution in [0.4, 0.5) is 5.82 Å². The number of carbonyl (C=O) groups excluding carboxylic acids is 1. The SMILES string of the molecule is O=C(NCc1ccc(CNc2cc(-c3ccccc3Cl)nc3c(Br)cnn23)cc1)c1ccc(Cl)cc1. The summed E-state index contributed by atoms with van der Waals surface area (Å²) in [5.41, 5.74) is 4.96. The van der Waals surface area contributed by atoms with Crippen molar-refractivity contribution < 1.29 is 4.79 Å². The molecule has 6 nitrogen and oxygen atoms in total. The first-order valence-corrected chi connectivity index (χ1v) is 12.7. The van der Waals surface area contributed by atoms with Crippen LogP contribution in [0.15, 0.2) is 89.5 Å². The van der Waals surface area contributed by atoms with Crippen molar-refractivity contribution in [1.29, 1.82) is 0 Å². The van der Waals surface area contributed by atoms with E-state index in [9.17, 15) is 4.79 Å². The number of anilines is 1. The van der Waals surface area contributed by atoms with Gasteiger partial charge in [-0.05, 0) is 57.4 Å². The lowest BCUT2D eigenvalue weighted by Crippen LogP contribution is -2.22. The van der Waals surface area contributed by atoms with Gasteiger partial charge in [0, 0.05) is 40.3 Å². The van der Waals surface area contributed by atoms with Gasteiger partial charge in [-0.3, -0.25) is 4.79 Å². The molecule has 9 heteroatoms. The molecule has 0 saturated heterocycles. The maximum absolute atomic E-state index is 12.3. The summed E-state index contributed by atoms with van der Waals surface area (Å²) in [6.07, 6.45) is 1.72. The fourth-order valence-corrected chi connectivity index (χ4v) is 4.43. The molecule has 0 radical (unpaired) electrons. The molecule has 0 aliphatic heterocycles. The lowest BCUT2D eigenvalue weighted by molar-refractivity contribution is 0.0951. The van der Waals surface area contributed by atoms with Crippen LogP contribution in [0.2, 0.25) is 10.0 Å². The maximum Gasteiger partial charge on any atom is 0.251 e. The number of hydrogen-bond donors (Lipinski definition) is 2. The fourth-order valence-electron chi connectivity index (χ4n) is 3.72. The van der Waals surface area contributed by atoms with Crippen LogP contribution in [0.25, 0.3) is 16.9 Å². The molecular weight excluding hydrogens is 561 g/mol. The Balaban J connectivity index is 1.28. The largest absolute Gasteiger partial charge is 0.366 e. The first-order valence-electron chi connectivity index (χ1n) is 11.1. The second-order valence-corrected chi connectivity index (χ2v) is 9.79. The van der Waals surface area contributed by atoms with Crippen LogP contribution >= 0.6 is 39.1 Å². The number of fused-ring (bicyclic) bond motifs is 1. The first-order chi connectivity index (χ1) is 17.5. The number of halogens is 3. The Morgan fingerprint density at radius 3 is 2.33 bits per heavy atom. The van der Waals surface area contributed by atoms with E-state index in [1.807, 2.05) is 54.6 Å². The summed E-state index contributed by atoms with van der Waals surface area (Å²) in [7, 11) is 0. The Kier molecular flexibility index (Phi) is 7.23. The minimum absolute atomic E-state index is 0.140.